The van der Waals surface area contributed by atoms with Gasteiger partial charge in [-0.1, -0.05) is 12.1 Å². The van der Waals surface area contributed by atoms with Crippen molar-refractivity contribution in [3.8, 4) is 11.8 Å². The molecule has 0 aliphatic heterocycles. The van der Waals surface area contributed by atoms with Crippen molar-refractivity contribution in [2.75, 3.05) is 7.11 Å². The summed E-state index contributed by atoms with van der Waals surface area (Å²) in [5.41, 5.74) is 5.79. The van der Waals surface area contributed by atoms with E-state index in [0.29, 0.717) is 0 Å². The largest absolute Gasteiger partial charge is 0.506 e. The van der Waals surface area contributed by atoms with Crippen LogP contribution in [0, 0.1) is 11.3 Å². The van der Waals surface area contributed by atoms with Crippen LogP contribution in [0.3, 0.4) is 0 Å². The van der Waals surface area contributed by atoms with E-state index in [1.165, 1.54) is 25.3 Å². The van der Waals surface area contributed by atoms with E-state index < -0.39 is 12.0 Å². The Hall–Kier alpha value is -1.77. The van der Waals surface area contributed by atoms with Crippen LogP contribution in [-0.2, 0) is 9.53 Å². The molecule has 0 aliphatic carbocycles. The van der Waals surface area contributed by atoms with Gasteiger partial charge < -0.3 is 15.6 Å². The zero-order valence-corrected chi connectivity index (χ0v) is 9.32. The number of carbonyl (C=O) groups excluding carboxylic acids is 1. The number of aromatic hydroxyl groups is 1. The lowest BCUT2D eigenvalue weighted by atomic mass is 10.0. The van der Waals surface area contributed by atoms with Crippen molar-refractivity contribution in [2.24, 2.45) is 5.73 Å². The third kappa shape index (κ3) is 2.63. The first-order valence-electron chi connectivity index (χ1n) is 4.17. The number of phenols is 1. The lowest BCUT2D eigenvalue weighted by Gasteiger charge is -2.11. The topological polar surface area (TPSA) is 96.3 Å². The number of benzene rings is 1. The summed E-state index contributed by atoms with van der Waals surface area (Å²) < 4.78 is 4.44. The molecule has 0 heterocycles. The van der Waals surface area contributed by atoms with Crippen LogP contribution in [0.4, 0.5) is 0 Å². The third-order valence-electron chi connectivity index (χ3n) is 1.98. The Kier molecular flexibility index (Phi) is 5.30. The van der Waals surface area contributed by atoms with E-state index in [1.807, 2.05) is 0 Å². The van der Waals surface area contributed by atoms with Gasteiger partial charge in [0.1, 0.15) is 17.9 Å². The lowest BCUT2D eigenvalue weighted by molar-refractivity contribution is -0.142. The van der Waals surface area contributed by atoms with Crippen molar-refractivity contribution in [3.63, 3.8) is 0 Å². The maximum Gasteiger partial charge on any atom is 0.327 e. The predicted octanol–water partition coefficient (Wildman–Crippen LogP) is 0.858. The number of hydrogen-bond acceptors (Lipinski definition) is 5. The summed E-state index contributed by atoms with van der Waals surface area (Å²) in [6.07, 6.45) is 0. The Bertz CT molecular complexity index is 429. The molecule has 0 spiro atoms. The van der Waals surface area contributed by atoms with Gasteiger partial charge in [0, 0.05) is 5.56 Å². The van der Waals surface area contributed by atoms with Crippen LogP contribution in [0.15, 0.2) is 18.2 Å². The molecule has 1 aromatic rings. The first-order valence-corrected chi connectivity index (χ1v) is 4.17. The van der Waals surface area contributed by atoms with E-state index in [2.05, 4.69) is 4.74 Å². The Labute approximate surface area is 98.8 Å². The second-order valence-electron chi connectivity index (χ2n) is 2.86. The molecule has 6 heteroatoms. The molecular weight excluding hydrogens is 232 g/mol. The number of nitrogens with zero attached hydrogens (tertiary/aromatic N) is 1. The highest BCUT2D eigenvalue weighted by Gasteiger charge is 2.20. The normalized spacial score (nSPS) is 10.8. The number of ether oxygens (including phenoxy) is 1. The zero-order valence-electron chi connectivity index (χ0n) is 8.51. The minimum absolute atomic E-state index is 0. The highest BCUT2D eigenvalue weighted by atomic mass is 35.5. The summed E-state index contributed by atoms with van der Waals surface area (Å²) >= 11 is 0. The lowest BCUT2D eigenvalue weighted by Crippen LogP contribution is -2.22. The number of nitrogens with two attached hydrogens (primary N) is 1. The SMILES string of the molecule is COC(=O)[C@@H](N)c1cccc(C#N)c1O.Cl. The van der Waals surface area contributed by atoms with Crippen molar-refractivity contribution in [1.29, 1.82) is 5.26 Å². The van der Waals surface area contributed by atoms with E-state index in [4.69, 9.17) is 11.0 Å². The molecule has 0 fully saturated rings. The second kappa shape index (κ2) is 5.95. The number of esters is 1. The number of halogens is 1. The summed E-state index contributed by atoms with van der Waals surface area (Å²) in [7, 11) is 1.20. The summed E-state index contributed by atoms with van der Waals surface area (Å²) in [4.78, 5) is 11.1. The van der Waals surface area contributed by atoms with Gasteiger partial charge in [-0.2, -0.15) is 5.26 Å². The molecule has 0 amide bonds. The molecule has 3 N–H and O–H groups in total. The minimum atomic E-state index is -1.08. The molecule has 1 atom stereocenters. The molecule has 0 saturated heterocycles. The number of methoxy groups -OCH3 is 1. The van der Waals surface area contributed by atoms with E-state index in [1.54, 1.807) is 6.07 Å². The fourth-order valence-electron chi connectivity index (χ4n) is 1.16. The Morgan fingerprint density at radius 3 is 2.75 bits per heavy atom. The number of rotatable bonds is 2. The van der Waals surface area contributed by atoms with Gasteiger partial charge in [0.25, 0.3) is 0 Å². The van der Waals surface area contributed by atoms with Gasteiger partial charge >= 0.3 is 5.97 Å². The van der Waals surface area contributed by atoms with Crippen molar-refractivity contribution >= 4 is 18.4 Å². The molecule has 0 saturated carbocycles. The van der Waals surface area contributed by atoms with Crippen LogP contribution in [0.2, 0.25) is 0 Å². The molecule has 1 rings (SSSR count). The Morgan fingerprint density at radius 1 is 1.62 bits per heavy atom. The molecule has 5 nitrogen and oxygen atoms in total. The highest BCUT2D eigenvalue weighted by molar-refractivity contribution is 5.85. The average molecular weight is 243 g/mol. The van der Waals surface area contributed by atoms with Crippen molar-refractivity contribution in [3.05, 3.63) is 29.3 Å². The molecule has 16 heavy (non-hydrogen) atoms. The number of para-hydroxylation sites is 1. The van der Waals surface area contributed by atoms with Crippen molar-refractivity contribution < 1.29 is 14.6 Å². The smallest absolute Gasteiger partial charge is 0.327 e. The van der Waals surface area contributed by atoms with Gasteiger partial charge in [0.05, 0.1) is 12.7 Å². The molecular formula is C10H11ClN2O3. The molecule has 0 bridgehead atoms. The number of phenolic OH excluding ortho intramolecular Hbond substituents is 1. The molecule has 0 radical (unpaired) electrons. The van der Waals surface area contributed by atoms with Gasteiger partial charge in [0.15, 0.2) is 0 Å². The van der Waals surface area contributed by atoms with Gasteiger partial charge in [-0.25, -0.2) is 0 Å². The Balaban J connectivity index is 0.00000225. The van der Waals surface area contributed by atoms with E-state index in [9.17, 15) is 9.90 Å². The number of hydrogen-bond donors (Lipinski definition) is 2. The number of nitriles is 1. The van der Waals surface area contributed by atoms with E-state index >= 15 is 0 Å². The first kappa shape index (κ1) is 14.2. The van der Waals surface area contributed by atoms with Crippen LogP contribution < -0.4 is 5.73 Å². The third-order valence-corrected chi connectivity index (χ3v) is 1.98. The fraction of sp³-hybridized carbons (Fsp3) is 0.200. The summed E-state index contributed by atoms with van der Waals surface area (Å²) in [6.45, 7) is 0. The summed E-state index contributed by atoms with van der Waals surface area (Å²) in [5, 5.41) is 18.2. The van der Waals surface area contributed by atoms with Gasteiger partial charge in [-0.15, -0.1) is 12.4 Å². The first-order chi connectivity index (χ1) is 7.11. The van der Waals surface area contributed by atoms with Crippen molar-refractivity contribution in [1.82, 2.24) is 0 Å². The van der Waals surface area contributed by atoms with Crippen LogP contribution in [0.5, 0.6) is 5.75 Å². The number of carbonyl (C=O) groups is 1. The standard InChI is InChI=1S/C10H10N2O3.ClH/c1-15-10(14)8(12)7-4-2-3-6(5-11)9(7)13;/h2-4,8,13H,12H2,1H3;1H/t8-;/m0./s1. The molecule has 0 aromatic heterocycles. The van der Waals surface area contributed by atoms with E-state index in [0.717, 1.165) is 0 Å². The quantitative estimate of drug-likeness (QED) is 0.750. The highest BCUT2D eigenvalue weighted by Crippen LogP contribution is 2.26. The van der Waals surface area contributed by atoms with Gasteiger partial charge in [-0.3, -0.25) is 4.79 Å². The summed E-state index contributed by atoms with van der Waals surface area (Å²) in [5.74, 6) is -0.946. The zero-order chi connectivity index (χ0) is 11.4. The van der Waals surface area contributed by atoms with E-state index in [-0.39, 0.29) is 29.3 Å². The van der Waals surface area contributed by atoms with Gasteiger partial charge in [0.2, 0.25) is 0 Å². The van der Waals surface area contributed by atoms with Crippen LogP contribution >= 0.6 is 12.4 Å². The van der Waals surface area contributed by atoms with Gasteiger partial charge in [-0.05, 0) is 6.07 Å². The van der Waals surface area contributed by atoms with Crippen LogP contribution in [-0.4, -0.2) is 18.2 Å². The fourth-order valence-corrected chi connectivity index (χ4v) is 1.16. The average Bonchev–Trinajstić information content (AvgIpc) is 2.27. The monoisotopic (exact) mass is 242 g/mol. The van der Waals surface area contributed by atoms with Crippen LogP contribution in [0.25, 0.3) is 0 Å². The second-order valence-corrected chi connectivity index (χ2v) is 2.86. The molecule has 0 aliphatic rings. The maximum absolute atomic E-state index is 11.1. The summed E-state index contributed by atoms with van der Waals surface area (Å²) in [6, 6.07) is 5.15. The minimum Gasteiger partial charge on any atom is -0.506 e. The van der Waals surface area contributed by atoms with Crippen LogP contribution in [0.1, 0.15) is 17.2 Å². The maximum atomic E-state index is 11.1. The molecule has 86 valence electrons. The molecule has 1 aromatic carbocycles. The Morgan fingerprint density at radius 2 is 2.25 bits per heavy atom. The molecule has 0 unspecified atom stereocenters. The predicted molar refractivity (Wildman–Crippen MR) is 59.0 cm³/mol. The van der Waals surface area contributed by atoms with Crippen molar-refractivity contribution in [2.45, 2.75) is 6.04 Å².